The number of nitrogens with zero attached hydrogens (tertiary/aromatic N) is 2. The fourth-order valence-electron chi connectivity index (χ4n) is 2.85. The molecule has 0 aromatic heterocycles. The number of piperidine rings is 1. The Hall–Kier alpha value is -1.44. The third-order valence-corrected chi connectivity index (χ3v) is 4.80. The van der Waals surface area contributed by atoms with Gasteiger partial charge in [0.15, 0.2) is 0 Å². The Morgan fingerprint density at radius 3 is 2.70 bits per heavy atom. The quantitative estimate of drug-likeness (QED) is 0.827. The van der Waals surface area contributed by atoms with Crippen LogP contribution in [0.2, 0.25) is 0 Å². The summed E-state index contributed by atoms with van der Waals surface area (Å²) in [6.45, 7) is 2.02. The molecule has 1 heterocycles. The second-order valence-electron chi connectivity index (χ2n) is 6.13. The molecule has 128 valence electrons. The van der Waals surface area contributed by atoms with E-state index in [0.29, 0.717) is 19.1 Å². The number of hydrogen-bond donors (Lipinski definition) is 1. The zero-order chi connectivity index (χ0) is 16.9. The average molecular weight is 339 g/mol. The van der Waals surface area contributed by atoms with E-state index in [1.807, 2.05) is 18.2 Å². The summed E-state index contributed by atoms with van der Waals surface area (Å²) in [5.41, 5.74) is 1.25. The Labute approximate surface area is 138 Å². The van der Waals surface area contributed by atoms with Gasteiger partial charge in [-0.05, 0) is 25.5 Å². The van der Waals surface area contributed by atoms with Crippen molar-refractivity contribution in [3.63, 3.8) is 0 Å². The minimum absolute atomic E-state index is 0.159. The van der Waals surface area contributed by atoms with Gasteiger partial charge in [-0.25, -0.2) is 13.1 Å². The summed E-state index contributed by atoms with van der Waals surface area (Å²) in [5.74, 6) is -0.159. The van der Waals surface area contributed by atoms with E-state index >= 15 is 0 Å². The van der Waals surface area contributed by atoms with Gasteiger partial charge in [-0.2, -0.15) is 0 Å². The number of carbonyl (C=O) groups is 1. The van der Waals surface area contributed by atoms with Gasteiger partial charge in [0.25, 0.3) is 0 Å². The maximum atomic E-state index is 12.2. The molecule has 1 N–H and O–H groups in total. The zero-order valence-electron chi connectivity index (χ0n) is 13.7. The van der Waals surface area contributed by atoms with Gasteiger partial charge in [0.1, 0.15) is 0 Å². The van der Waals surface area contributed by atoms with E-state index in [9.17, 15) is 13.2 Å². The molecule has 0 radical (unpaired) electrons. The first-order chi connectivity index (χ1) is 10.8. The molecule has 7 heteroatoms. The summed E-state index contributed by atoms with van der Waals surface area (Å²) in [7, 11) is -1.27. The van der Waals surface area contributed by atoms with Crippen molar-refractivity contribution in [3.8, 4) is 0 Å². The van der Waals surface area contributed by atoms with Crippen LogP contribution in [-0.4, -0.2) is 63.1 Å². The van der Waals surface area contributed by atoms with E-state index in [1.54, 1.807) is 4.90 Å². The van der Waals surface area contributed by atoms with E-state index < -0.39 is 10.0 Å². The molecule has 1 unspecified atom stereocenters. The summed E-state index contributed by atoms with van der Waals surface area (Å²) in [6, 6.07) is 10.5. The largest absolute Gasteiger partial charge is 0.340 e. The van der Waals surface area contributed by atoms with E-state index in [4.69, 9.17) is 0 Å². The van der Waals surface area contributed by atoms with Crippen molar-refractivity contribution >= 4 is 15.9 Å². The van der Waals surface area contributed by atoms with Crippen LogP contribution in [0.1, 0.15) is 18.4 Å². The molecule has 0 bridgehead atoms. The summed E-state index contributed by atoms with van der Waals surface area (Å²) in [6.07, 6.45) is 3.05. The molecule has 0 saturated carbocycles. The SMILES string of the molecule is CN(Cc1ccccc1)C1CCCN(C(=O)CNS(C)(=O)=O)C1. The van der Waals surface area contributed by atoms with E-state index in [0.717, 1.165) is 25.6 Å². The van der Waals surface area contributed by atoms with Crippen LogP contribution in [0.4, 0.5) is 0 Å². The van der Waals surface area contributed by atoms with Crippen LogP contribution in [0, 0.1) is 0 Å². The lowest BCUT2D eigenvalue weighted by molar-refractivity contribution is -0.132. The van der Waals surface area contributed by atoms with Crippen molar-refractivity contribution in [2.24, 2.45) is 0 Å². The fraction of sp³-hybridized carbons (Fsp3) is 0.562. The number of hydrogen-bond acceptors (Lipinski definition) is 4. The van der Waals surface area contributed by atoms with Crippen molar-refractivity contribution in [1.29, 1.82) is 0 Å². The molecule has 1 aromatic rings. The molecule has 1 aliphatic heterocycles. The molecule has 23 heavy (non-hydrogen) atoms. The molecule has 6 nitrogen and oxygen atoms in total. The van der Waals surface area contributed by atoms with Gasteiger partial charge < -0.3 is 4.90 Å². The van der Waals surface area contributed by atoms with Gasteiger partial charge in [-0.1, -0.05) is 30.3 Å². The van der Waals surface area contributed by atoms with Gasteiger partial charge in [-0.3, -0.25) is 9.69 Å². The van der Waals surface area contributed by atoms with Crippen LogP contribution >= 0.6 is 0 Å². The molecule has 1 fully saturated rings. The fourth-order valence-corrected chi connectivity index (χ4v) is 3.23. The first-order valence-electron chi connectivity index (χ1n) is 7.82. The van der Waals surface area contributed by atoms with Crippen LogP contribution in [-0.2, 0) is 21.4 Å². The van der Waals surface area contributed by atoms with Crippen LogP contribution in [0.25, 0.3) is 0 Å². The van der Waals surface area contributed by atoms with Gasteiger partial charge in [0, 0.05) is 25.7 Å². The molecular formula is C16H25N3O3S. The molecule has 0 spiro atoms. The third kappa shape index (κ3) is 5.93. The topological polar surface area (TPSA) is 69.7 Å². The van der Waals surface area contributed by atoms with E-state index in [1.165, 1.54) is 5.56 Å². The smallest absolute Gasteiger partial charge is 0.237 e. The van der Waals surface area contributed by atoms with E-state index in [-0.39, 0.29) is 12.5 Å². The zero-order valence-corrected chi connectivity index (χ0v) is 14.6. The molecular weight excluding hydrogens is 314 g/mol. The lowest BCUT2D eigenvalue weighted by Crippen LogP contribution is -2.50. The van der Waals surface area contributed by atoms with Crippen LogP contribution in [0.3, 0.4) is 0 Å². The summed E-state index contributed by atoms with van der Waals surface area (Å²) < 4.78 is 24.5. The van der Waals surface area contributed by atoms with Gasteiger partial charge in [0.05, 0.1) is 12.8 Å². The molecule has 0 aliphatic carbocycles. The number of sulfonamides is 1. The Morgan fingerprint density at radius 2 is 2.04 bits per heavy atom. The average Bonchev–Trinajstić information content (AvgIpc) is 2.53. The minimum atomic E-state index is -3.34. The Kier molecular flexibility index (Phi) is 6.15. The van der Waals surface area contributed by atoms with Crippen molar-refractivity contribution in [3.05, 3.63) is 35.9 Å². The van der Waals surface area contributed by atoms with Crippen molar-refractivity contribution in [1.82, 2.24) is 14.5 Å². The highest BCUT2D eigenvalue weighted by Crippen LogP contribution is 2.17. The summed E-state index contributed by atoms with van der Waals surface area (Å²) >= 11 is 0. The molecule has 1 aliphatic rings. The van der Waals surface area contributed by atoms with Crippen LogP contribution < -0.4 is 4.72 Å². The Morgan fingerprint density at radius 1 is 1.35 bits per heavy atom. The van der Waals surface area contributed by atoms with Crippen molar-refractivity contribution in [2.45, 2.75) is 25.4 Å². The summed E-state index contributed by atoms with van der Waals surface area (Å²) in [5, 5.41) is 0. The molecule has 1 saturated heterocycles. The number of carbonyl (C=O) groups excluding carboxylic acids is 1. The van der Waals surface area contributed by atoms with Gasteiger partial charge in [0.2, 0.25) is 15.9 Å². The molecule has 1 atom stereocenters. The van der Waals surface area contributed by atoms with Gasteiger partial charge in [-0.15, -0.1) is 0 Å². The number of amides is 1. The highest BCUT2D eigenvalue weighted by Gasteiger charge is 2.26. The monoisotopic (exact) mass is 339 g/mol. The maximum Gasteiger partial charge on any atom is 0.237 e. The first kappa shape index (κ1) is 17.9. The van der Waals surface area contributed by atoms with Crippen LogP contribution in [0.5, 0.6) is 0 Å². The predicted molar refractivity (Wildman–Crippen MR) is 90.4 cm³/mol. The van der Waals surface area contributed by atoms with Crippen molar-refractivity contribution in [2.75, 3.05) is 32.9 Å². The van der Waals surface area contributed by atoms with Crippen molar-refractivity contribution < 1.29 is 13.2 Å². The normalized spacial score (nSPS) is 19.1. The predicted octanol–water partition coefficient (Wildman–Crippen LogP) is 0.659. The standard InChI is InChI=1S/C16H25N3O3S/c1-18(12-14-7-4-3-5-8-14)15-9-6-10-19(13-15)16(20)11-17-23(2,21)22/h3-5,7-8,15,17H,6,9-13H2,1-2H3. The number of likely N-dealkylation sites (N-methyl/N-ethyl adjacent to an activating group) is 1. The second kappa shape index (κ2) is 7.90. The van der Waals surface area contributed by atoms with Crippen LogP contribution in [0.15, 0.2) is 30.3 Å². The number of nitrogens with one attached hydrogen (secondary N) is 1. The Balaban J connectivity index is 1.88. The minimum Gasteiger partial charge on any atom is -0.340 e. The van der Waals surface area contributed by atoms with Gasteiger partial charge >= 0.3 is 0 Å². The lowest BCUT2D eigenvalue weighted by atomic mass is 10.0. The number of benzene rings is 1. The number of rotatable bonds is 6. The first-order valence-corrected chi connectivity index (χ1v) is 9.71. The molecule has 2 rings (SSSR count). The summed E-state index contributed by atoms with van der Waals surface area (Å²) in [4.78, 5) is 16.2. The highest BCUT2D eigenvalue weighted by molar-refractivity contribution is 7.88. The second-order valence-corrected chi connectivity index (χ2v) is 7.96. The molecule has 1 aromatic carbocycles. The maximum absolute atomic E-state index is 12.2. The Bertz CT molecular complexity index is 619. The number of likely N-dealkylation sites (tertiary alicyclic amines) is 1. The lowest BCUT2D eigenvalue weighted by Gasteiger charge is -2.37. The van der Waals surface area contributed by atoms with E-state index in [2.05, 4.69) is 28.8 Å². The highest BCUT2D eigenvalue weighted by atomic mass is 32.2. The molecule has 1 amide bonds. The third-order valence-electron chi connectivity index (χ3n) is 4.13.